The fourth-order valence-electron chi connectivity index (χ4n) is 5.19. The molecular weight excluding hydrogens is 518 g/mol. The summed E-state index contributed by atoms with van der Waals surface area (Å²) in [5.74, 6) is -0.635. The molecule has 9 rings (SSSR count). The number of rotatable bonds is 2. The molecule has 3 nitrogen and oxygen atoms in total. The second kappa shape index (κ2) is 8.47. The number of hydrogen-bond donors (Lipinski definition) is 0. The Morgan fingerprint density at radius 3 is 2.10 bits per heavy atom. The third kappa shape index (κ3) is 3.19. The van der Waals surface area contributed by atoms with E-state index in [1.807, 2.05) is 0 Å². The summed E-state index contributed by atoms with van der Waals surface area (Å²) in [6.45, 7) is 1.35. The van der Waals surface area contributed by atoms with Crippen molar-refractivity contribution in [2.75, 3.05) is 0 Å². The number of hydrogen-bond acceptors (Lipinski definition) is 3. The highest BCUT2D eigenvalue weighted by molar-refractivity contribution is 7.27. The van der Waals surface area contributed by atoms with E-state index in [0.717, 1.165) is 15.9 Å². The fourth-order valence-corrected chi connectivity index (χ4v) is 6.31. The molecule has 0 fully saturated rings. The van der Waals surface area contributed by atoms with Gasteiger partial charge in [0.15, 0.2) is 0 Å². The van der Waals surface area contributed by atoms with Crippen LogP contribution in [0, 0.1) is 6.92 Å². The van der Waals surface area contributed by atoms with Gasteiger partial charge in [0.05, 0.1) is 49.7 Å². The van der Waals surface area contributed by atoms with Gasteiger partial charge in [-0.25, -0.2) is 9.97 Å². The van der Waals surface area contributed by atoms with Crippen molar-refractivity contribution < 1.29 is 27.4 Å². The van der Waals surface area contributed by atoms with Gasteiger partial charge in [-0.05, 0) is 25.1 Å². The zero-order valence-electron chi connectivity index (χ0n) is 40.7. The van der Waals surface area contributed by atoms with Crippen LogP contribution in [0.1, 0.15) is 33.0 Å². The van der Waals surface area contributed by atoms with E-state index in [1.54, 1.807) is 0 Å². The first-order valence-electron chi connectivity index (χ1n) is 22.2. The first kappa shape index (κ1) is 10.7. The molecule has 0 aliphatic rings. The summed E-state index contributed by atoms with van der Waals surface area (Å²) in [5, 5.41) is -1.49. The van der Waals surface area contributed by atoms with Crippen LogP contribution in [0.3, 0.4) is 0 Å². The molecule has 0 radical (unpaired) electrons. The Bertz CT molecular complexity index is 3590. The maximum Gasteiger partial charge on any atom is 0.235 e. The van der Waals surface area contributed by atoms with Gasteiger partial charge < -0.3 is 0 Å². The summed E-state index contributed by atoms with van der Waals surface area (Å²) in [5.41, 5.74) is -2.28. The monoisotopic (exact) mass is 561 g/mol. The normalized spacial score (nSPS) is 18.9. The molecule has 0 spiro atoms. The molecule has 0 saturated carbocycles. The number of fused-ring (bicyclic) bond motifs is 11. The van der Waals surface area contributed by atoms with Crippen molar-refractivity contribution in [3.8, 4) is 17.2 Å². The van der Waals surface area contributed by atoms with Crippen molar-refractivity contribution in [1.29, 1.82) is 0 Å². The summed E-state index contributed by atoms with van der Waals surface area (Å²) < 4.78 is 178. The average Bonchev–Trinajstić information content (AvgIpc) is 3.81. The van der Waals surface area contributed by atoms with E-state index < -0.39 is 154 Å². The molecule has 0 amide bonds. The van der Waals surface area contributed by atoms with Crippen LogP contribution in [0.5, 0.6) is 0 Å². The van der Waals surface area contributed by atoms with Gasteiger partial charge in [-0.1, -0.05) is 108 Å². The number of para-hydroxylation sites is 2. The van der Waals surface area contributed by atoms with E-state index in [2.05, 4.69) is 9.97 Å². The predicted octanol–water partition coefficient (Wildman–Crippen LogP) is 10.2. The summed E-state index contributed by atoms with van der Waals surface area (Å²) in [6.07, 6.45) is 0. The molecule has 41 heavy (non-hydrogen) atoms. The molecule has 3 heterocycles. The largest absolute Gasteiger partial charge is 0.277 e. The fraction of sp³-hybridized carbons (Fsp3) is 0.0270. The van der Waals surface area contributed by atoms with Gasteiger partial charge in [-0.3, -0.25) is 4.57 Å². The van der Waals surface area contributed by atoms with Crippen LogP contribution in [0.15, 0.2) is 121 Å². The first-order chi connectivity index (χ1) is 28.6. The Kier molecular flexibility index (Phi) is 2.22. The van der Waals surface area contributed by atoms with Gasteiger partial charge in [0.1, 0.15) is 0 Å². The molecule has 0 aliphatic heterocycles. The second-order valence-corrected chi connectivity index (χ2v) is 10.2. The standard InChI is InChI=1S/C37H23N3S/c1-22-18-20-23(21-19-22)34-26-12-4-7-15-29(26)38-37(39-34)40-30-16-8-5-13-27(30)32-33-28-14-6-9-17-31(28)41-36(33)25-11-3-2-10-24(25)35(32)40/h2-21H,1H3/i2D,3D,4D,5D,6D,7D,8D,9D,10D,11D,12D,13D,14D,15D,16D,17D,18D,19D,20D,21D. The van der Waals surface area contributed by atoms with Gasteiger partial charge in [-0.2, -0.15) is 0 Å². The average molecular weight is 562 g/mol. The van der Waals surface area contributed by atoms with Gasteiger partial charge in [0, 0.05) is 52.7 Å². The Morgan fingerprint density at radius 2 is 1.27 bits per heavy atom. The number of thiophene rings is 1. The molecule has 0 unspecified atom stereocenters. The Morgan fingerprint density at radius 1 is 0.610 bits per heavy atom. The third-order valence-electron chi connectivity index (χ3n) is 6.85. The van der Waals surface area contributed by atoms with Crippen molar-refractivity contribution in [3.05, 3.63) is 126 Å². The number of nitrogens with zero attached hydrogens (tertiary/aromatic N) is 3. The van der Waals surface area contributed by atoms with Gasteiger partial charge in [0.2, 0.25) is 5.95 Å². The van der Waals surface area contributed by atoms with Crippen LogP contribution in [-0.4, -0.2) is 14.5 Å². The van der Waals surface area contributed by atoms with E-state index in [0.29, 0.717) is 0 Å². The molecule has 0 saturated heterocycles. The minimum Gasteiger partial charge on any atom is -0.277 e. The maximum atomic E-state index is 9.31. The summed E-state index contributed by atoms with van der Waals surface area (Å²) in [6, 6.07) is -13.1. The minimum absolute atomic E-state index is 0.0214. The van der Waals surface area contributed by atoms with Crippen LogP contribution in [0.2, 0.25) is 0 Å². The minimum atomic E-state index is -0.776. The number of benzene rings is 6. The molecule has 6 aromatic carbocycles. The molecule has 192 valence electrons. The van der Waals surface area contributed by atoms with Crippen LogP contribution in [-0.2, 0) is 0 Å². The van der Waals surface area contributed by atoms with E-state index in [4.69, 9.17) is 21.9 Å². The quantitative estimate of drug-likeness (QED) is 0.210. The zero-order chi connectivity index (χ0) is 44.5. The predicted molar refractivity (Wildman–Crippen MR) is 174 cm³/mol. The highest BCUT2D eigenvalue weighted by Crippen LogP contribution is 2.47. The third-order valence-corrected chi connectivity index (χ3v) is 7.97. The lowest BCUT2D eigenvalue weighted by Crippen LogP contribution is -2.03. The maximum absolute atomic E-state index is 9.31. The lowest BCUT2D eigenvalue weighted by Gasteiger charge is -2.13. The molecule has 0 N–H and O–H groups in total. The van der Waals surface area contributed by atoms with Crippen LogP contribution in [0.4, 0.5) is 0 Å². The van der Waals surface area contributed by atoms with Gasteiger partial charge in [-0.15, -0.1) is 11.3 Å². The van der Waals surface area contributed by atoms with Crippen molar-refractivity contribution in [2.24, 2.45) is 0 Å². The van der Waals surface area contributed by atoms with E-state index >= 15 is 0 Å². The molecule has 0 atom stereocenters. The molecular formula is C37H23N3S. The zero-order valence-corrected chi connectivity index (χ0v) is 21.6. The highest BCUT2D eigenvalue weighted by Gasteiger charge is 2.23. The second-order valence-electron chi connectivity index (χ2n) is 9.14. The van der Waals surface area contributed by atoms with Crippen molar-refractivity contribution in [2.45, 2.75) is 6.92 Å². The highest BCUT2D eigenvalue weighted by atomic mass is 32.1. The summed E-state index contributed by atoms with van der Waals surface area (Å²) in [7, 11) is 0. The lowest BCUT2D eigenvalue weighted by molar-refractivity contribution is 1.02. The van der Waals surface area contributed by atoms with Gasteiger partial charge >= 0.3 is 0 Å². The van der Waals surface area contributed by atoms with E-state index in [-0.39, 0.29) is 52.8 Å². The van der Waals surface area contributed by atoms with Crippen molar-refractivity contribution in [1.82, 2.24) is 14.5 Å². The van der Waals surface area contributed by atoms with Gasteiger partial charge in [0.25, 0.3) is 0 Å². The van der Waals surface area contributed by atoms with Crippen molar-refractivity contribution in [3.63, 3.8) is 0 Å². The molecule has 4 heteroatoms. The van der Waals surface area contributed by atoms with E-state index in [9.17, 15) is 5.48 Å². The lowest BCUT2D eigenvalue weighted by atomic mass is 10.00. The molecule has 3 aromatic heterocycles. The first-order valence-corrected chi connectivity index (χ1v) is 13.0. The molecule has 0 aliphatic carbocycles. The number of aromatic nitrogens is 3. The Hall–Kier alpha value is -5.06. The Labute approximate surface area is 268 Å². The molecule has 0 bridgehead atoms. The van der Waals surface area contributed by atoms with E-state index in [1.165, 1.54) is 6.92 Å². The van der Waals surface area contributed by atoms with Crippen LogP contribution < -0.4 is 0 Å². The summed E-state index contributed by atoms with van der Waals surface area (Å²) >= 11 is 0.801. The summed E-state index contributed by atoms with van der Waals surface area (Å²) in [4.78, 5) is 9.22. The van der Waals surface area contributed by atoms with Crippen LogP contribution >= 0.6 is 11.3 Å². The molecule has 9 aromatic rings. The smallest absolute Gasteiger partial charge is 0.235 e. The topological polar surface area (TPSA) is 30.7 Å². The van der Waals surface area contributed by atoms with Crippen molar-refractivity contribution >= 4 is 75.0 Å². The van der Waals surface area contributed by atoms with Crippen LogP contribution in [0.25, 0.3) is 80.9 Å². The Balaban J connectivity index is 1.70. The SMILES string of the molecule is [2H]c1c([2H])c(-c2nc(-n3c4c([2H])c([2H])c([2H])c([2H])c4c4c5c(sc6c([2H])c([2H])c([2H])c([2H])c65)c5c([2H])c([2H])c([2H])c([2H])c5c43)nc3c([2H])c([2H])c([2H])c([2H])c23)c([2H])c([2H])c1C.